The number of nitrogens with one attached hydrogen (secondary N) is 1. The SMILES string of the molecule is CC1CC(C)CN(S(=O)(=O)c2cc(C(=O)NN)n(C)c2)C1. The summed E-state index contributed by atoms with van der Waals surface area (Å²) in [7, 11) is -1.96. The molecule has 2 atom stereocenters. The molecule has 1 aliphatic heterocycles. The zero-order valence-electron chi connectivity index (χ0n) is 12.5. The molecule has 118 valence electrons. The van der Waals surface area contributed by atoms with E-state index in [4.69, 9.17) is 5.84 Å². The highest BCUT2D eigenvalue weighted by Gasteiger charge is 2.32. The number of sulfonamides is 1. The van der Waals surface area contributed by atoms with Crippen LogP contribution in [-0.4, -0.2) is 36.3 Å². The molecule has 1 aromatic heterocycles. The minimum absolute atomic E-state index is 0.130. The van der Waals surface area contributed by atoms with E-state index in [1.807, 2.05) is 5.43 Å². The van der Waals surface area contributed by atoms with Gasteiger partial charge >= 0.3 is 0 Å². The van der Waals surface area contributed by atoms with Crippen molar-refractivity contribution in [2.24, 2.45) is 24.7 Å². The Hall–Kier alpha value is -1.38. The Bertz CT molecular complexity index is 628. The molecule has 2 unspecified atom stereocenters. The van der Waals surface area contributed by atoms with Crippen molar-refractivity contribution in [1.29, 1.82) is 0 Å². The zero-order chi connectivity index (χ0) is 15.8. The summed E-state index contributed by atoms with van der Waals surface area (Å²) in [5, 5.41) is 0. The van der Waals surface area contributed by atoms with Crippen molar-refractivity contribution in [1.82, 2.24) is 14.3 Å². The fourth-order valence-electron chi connectivity index (χ4n) is 2.93. The summed E-state index contributed by atoms with van der Waals surface area (Å²) < 4.78 is 28.4. The lowest BCUT2D eigenvalue weighted by Gasteiger charge is -2.33. The normalized spacial score (nSPS) is 24.0. The Morgan fingerprint density at radius 3 is 2.43 bits per heavy atom. The topological polar surface area (TPSA) is 97.4 Å². The molecule has 3 N–H and O–H groups in total. The average molecular weight is 314 g/mol. The van der Waals surface area contributed by atoms with E-state index in [9.17, 15) is 13.2 Å². The summed E-state index contributed by atoms with van der Waals surface area (Å²) in [5.41, 5.74) is 2.23. The van der Waals surface area contributed by atoms with Gasteiger partial charge in [-0.1, -0.05) is 13.8 Å². The van der Waals surface area contributed by atoms with Crippen LogP contribution in [-0.2, 0) is 17.1 Å². The maximum Gasteiger partial charge on any atom is 0.281 e. The largest absolute Gasteiger partial charge is 0.345 e. The zero-order valence-corrected chi connectivity index (χ0v) is 13.4. The third-order valence-corrected chi connectivity index (χ3v) is 5.61. The number of rotatable bonds is 3. The van der Waals surface area contributed by atoms with E-state index in [2.05, 4.69) is 13.8 Å². The number of aromatic nitrogens is 1. The number of amides is 1. The summed E-state index contributed by atoms with van der Waals surface area (Å²) in [4.78, 5) is 11.7. The van der Waals surface area contributed by atoms with Gasteiger partial charge in [-0.2, -0.15) is 4.31 Å². The number of piperidine rings is 1. The van der Waals surface area contributed by atoms with Gasteiger partial charge in [0.25, 0.3) is 5.91 Å². The van der Waals surface area contributed by atoms with Gasteiger partial charge in [0.1, 0.15) is 10.6 Å². The molecule has 21 heavy (non-hydrogen) atoms. The summed E-state index contributed by atoms with van der Waals surface area (Å²) in [6, 6.07) is 1.36. The Morgan fingerprint density at radius 1 is 1.33 bits per heavy atom. The molecule has 0 aromatic carbocycles. The van der Waals surface area contributed by atoms with Gasteiger partial charge in [0, 0.05) is 26.3 Å². The number of nitrogens with two attached hydrogens (primary N) is 1. The highest BCUT2D eigenvalue weighted by molar-refractivity contribution is 7.89. The van der Waals surface area contributed by atoms with Crippen molar-refractivity contribution in [3.8, 4) is 0 Å². The molecular formula is C13H22N4O3S. The summed E-state index contributed by atoms with van der Waals surface area (Å²) >= 11 is 0. The first-order valence-electron chi connectivity index (χ1n) is 6.93. The summed E-state index contributed by atoms with van der Waals surface area (Å²) in [5.74, 6) is 5.25. The standard InChI is InChI=1S/C13H22N4O3S/c1-9-4-10(2)7-17(6-9)21(19,20)11-5-12(13(18)15-14)16(3)8-11/h5,8-10H,4,6-7,14H2,1-3H3,(H,15,18). The molecule has 0 spiro atoms. The maximum atomic E-state index is 12.7. The number of aryl methyl sites for hydroxylation is 1. The molecule has 1 aromatic rings. The van der Waals surface area contributed by atoms with Crippen molar-refractivity contribution in [3.63, 3.8) is 0 Å². The van der Waals surface area contributed by atoms with Gasteiger partial charge in [0.05, 0.1) is 0 Å². The summed E-state index contributed by atoms with van der Waals surface area (Å²) in [6.07, 6.45) is 2.48. The Balaban J connectivity index is 2.34. The molecule has 7 nitrogen and oxygen atoms in total. The van der Waals surface area contributed by atoms with Crippen molar-refractivity contribution in [2.75, 3.05) is 13.1 Å². The molecule has 1 amide bonds. The van der Waals surface area contributed by atoms with E-state index in [1.54, 1.807) is 7.05 Å². The van der Waals surface area contributed by atoms with Gasteiger partial charge in [0.15, 0.2) is 0 Å². The van der Waals surface area contributed by atoms with Gasteiger partial charge in [-0.05, 0) is 24.3 Å². The molecule has 0 radical (unpaired) electrons. The molecule has 1 fully saturated rings. The lowest BCUT2D eigenvalue weighted by Crippen LogP contribution is -2.42. The van der Waals surface area contributed by atoms with E-state index in [0.717, 1.165) is 6.42 Å². The van der Waals surface area contributed by atoms with E-state index in [0.29, 0.717) is 24.9 Å². The number of carbonyl (C=O) groups is 1. The van der Waals surface area contributed by atoms with Gasteiger partial charge in [0.2, 0.25) is 10.0 Å². The number of hydrogen-bond donors (Lipinski definition) is 2. The third-order valence-electron chi connectivity index (χ3n) is 3.82. The van der Waals surface area contributed by atoms with Crippen molar-refractivity contribution in [2.45, 2.75) is 25.2 Å². The Kier molecular flexibility index (Phi) is 4.40. The Labute approximate surface area is 125 Å². The predicted molar refractivity (Wildman–Crippen MR) is 78.8 cm³/mol. The fourth-order valence-corrected chi connectivity index (χ4v) is 4.68. The van der Waals surface area contributed by atoms with Crippen LogP contribution in [0.15, 0.2) is 17.2 Å². The van der Waals surface area contributed by atoms with Crippen LogP contribution in [0, 0.1) is 11.8 Å². The van der Waals surface area contributed by atoms with Crippen molar-refractivity contribution in [3.05, 3.63) is 18.0 Å². The Morgan fingerprint density at radius 2 is 1.90 bits per heavy atom. The van der Waals surface area contributed by atoms with Crippen LogP contribution in [0.5, 0.6) is 0 Å². The lowest BCUT2D eigenvalue weighted by molar-refractivity contribution is 0.0945. The smallest absolute Gasteiger partial charge is 0.281 e. The van der Waals surface area contributed by atoms with Crippen LogP contribution >= 0.6 is 0 Å². The van der Waals surface area contributed by atoms with E-state index < -0.39 is 15.9 Å². The second-order valence-electron chi connectivity index (χ2n) is 5.91. The second-order valence-corrected chi connectivity index (χ2v) is 7.85. The molecule has 2 rings (SSSR count). The van der Waals surface area contributed by atoms with Crippen LogP contribution < -0.4 is 11.3 Å². The number of carbonyl (C=O) groups excluding carboxylic acids is 1. The minimum Gasteiger partial charge on any atom is -0.345 e. The minimum atomic E-state index is -3.58. The predicted octanol–water partition coefficient (Wildman–Crippen LogP) is 0.295. The van der Waals surface area contributed by atoms with Crippen molar-refractivity contribution < 1.29 is 13.2 Å². The van der Waals surface area contributed by atoms with Crippen LogP contribution in [0.2, 0.25) is 0 Å². The second kappa shape index (κ2) is 5.78. The fraction of sp³-hybridized carbons (Fsp3) is 0.615. The molecular weight excluding hydrogens is 292 g/mol. The molecule has 1 aliphatic rings. The maximum absolute atomic E-state index is 12.7. The first-order chi connectivity index (χ1) is 9.75. The first kappa shape index (κ1) is 16.0. The molecule has 8 heteroatoms. The van der Waals surface area contributed by atoms with Gasteiger partial charge < -0.3 is 4.57 Å². The average Bonchev–Trinajstić information content (AvgIpc) is 2.79. The summed E-state index contributed by atoms with van der Waals surface area (Å²) in [6.45, 7) is 5.13. The molecule has 1 saturated heterocycles. The van der Waals surface area contributed by atoms with Crippen LogP contribution in [0.25, 0.3) is 0 Å². The number of nitrogen functional groups attached to an aromatic ring is 1. The monoisotopic (exact) mass is 314 g/mol. The molecule has 2 heterocycles. The van der Waals surface area contributed by atoms with E-state index in [-0.39, 0.29) is 10.6 Å². The van der Waals surface area contributed by atoms with E-state index in [1.165, 1.54) is 21.1 Å². The molecule has 0 bridgehead atoms. The van der Waals surface area contributed by atoms with Crippen molar-refractivity contribution >= 4 is 15.9 Å². The van der Waals surface area contributed by atoms with Gasteiger partial charge in [-0.3, -0.25) is 10.2 Å². The van der Waals surface area contributed by atoms with Gasteiger partial charge in [-0.25, -0.2) is 14.3 Å². The highest BCUT2D eigenvalue weighted by Crippen LogP contribution is 2.27. The molecule has 0 saturated carbocycles. The van der Waals surface area contributed by atoms with Crippen LogP contribution in [0.4, 0.5) is 0 Å². The lowest BCUT2D eigenvalue weighted by atomic mass is 9.94. The number of hydrazine groups is 1. The first-order valence-corrected chi connectivity index (χ1v) is 8.37. The van der Waals surface area contributed by atoms with Crippen LogP contribution in [0.3, 0.4) is 0 Å². The quantitative estimate of drug-likeness (QED) is 0.476. The van der Waals surface area contributed by atoms with E-state index >= 15 is 0 Å². The number of hydrogen-bond acceptors (Lipinski definition) is 4. The third kappa shape index (κ3) is 3.12. The van der Waals surface area contributed by atoms with Crippen LogP contribution in [0.1, 0.15) is 30.8 Å². The highest BCUT2D eigenvalue weighted by atomic mass is 32.2. The van der Waals surface area contributed by atoms with Gasteiger partial charge in [-0.15, -0.1) is 0 Å². The number of nitrogens with zero attached hydrogens (tertiary/aromatic N) is 2. The molecule has 0 aliphatic carbocycles.